The Morgan fingerprint density at radius 2 is 2.25 bits per heavy atom. The number of hydrogen-bond donors (Lipinski definition) is 2. The molecule has 0 aromatic heterocycles. The Morgan fingerprint density at radius 3 is 3.08 bits per heavy atom. The van der Waals surface area contributed by atoms with E-state index in [2.05, 4.69) is 5.32 Å². The number of benzene rings is 1. The van der Waals surface area contributed by atoms with Gasteiger partial charge < -0.3 is 14.7 Å². The number of phenols is 1. The molecule has 2 heterocycles. The summed E-state index contributed by atoms with van der Waals surface area (Å²) in [5, 5.41) is 13.4. The number of aromatic hydroxyl groups is 1. The van der Waals surface area contributed by atoms with E-state index >= 15 is 0 Å². The van der Waals surface area contributed by atoms with Crippen molar-refractivity contribution in [3.63, 3.8) is 0 Å². The lowest BCUT2D eigenvalue weighted by atomic mass is 9.91. The summed E-state index contributed by atoms with van der Waals surface area (Å²) >= 11 is 1.60. The monoisotopic (exact) mass is 346 g/mol. The summed E-state index contributed by atoms with van der Waals surface area (Å²) in [6.07, 6.45) is 6.62. The molecule has 3 atom stereocenters. The summed E-state index contributed by atoms with van der Waals surface area (Å²) in [5.41, 5.74) is 0.939. The fourth-order valence-electron chi connectivity index (χ4n) is 3.86. The Morgan fingerprint density at radius 1 is 1.42 bits per heavy atom. The molecule has 1 aromatic carbocycles. The van der Waals surface area contributed by atoms with E-state index in [4.69, 9.17) is 4.74 Å². The summed E-state index contributed by atoms with van der Waals surface area (Å²) in [6.45, 7) is 2.37. The first-order chi connectivity index (χ1) is 11.7. The number of hydrogen-bond acceptors (Lipinski definition) is 5. The van der Waals surface area contributed by atoms with Crippen LogP contribution in [0.15, 0.2) is 23.1 Å². The van der Waals surface area contributed by atoms with Gasteiger partial charge in [0.25, 0.3) is 5.91 Å². The van der Waals surface area contributed by atoms with E-state index in [1.807, 2.05) is 17.9 Å². The highest BCUT2D eigenvalue weighted by Gasteiger charge is 2.49. The van der Waals surface area contributed by atoms with Crippen LogP contribution in [0.25, 0.3) is 6.08 Å². The van der Waals surface area contributed by atoms with Crippen LogP contribution >= 0.6 is 11.8 Å². The van der Waals surface area contributed by atoms with Crippen molar-refractivity contribution in [2.24, 2.45) is 0 Å². The standard InChI is InChI=1S/C18H22N2O3S/c1-2-23-15-9-11(7-8-14(15)21)10-16-17(22)20-13-6-4-3-5-12(13)19-18(20)24-16/h7-10,12-13,18-19,21H,2-6H2,1H3/b16-10-. The van der Waals surface area contributed by atoms with Crippen LogP contribution in [-0.4, -0.2) is 40.1 Å². The molecule has 3 aliphatic rings. The van der Waals surface area contributed by atoms with Crippen molar-refractivity contribution in [1.29, 1.82) is 0 Å². The summed E-state index contributed by atoms with van der Waals surface area (Å²) in [5.74, 6) is 0.697. The maximum Gasteiger partial charge on any atom is 0.262 e. The van der Waals surface area contributed by atoms with Gasteiger partial charge in [0.05, 0.1) is 11.5 Å². The number of phenolic OH excluding ortho intramolecular Hbond substituents is 1. The number of rotatable bonds is 3. The lowest BCUT2D eigenvalue weighted by Crippen LogP contribution is -2.40. The average molecular weight is 346 g/mol. The van der Waals surface area contributed by atoms with Gasteiger partial charge >= 0.3 is 0 Å². The molecule has 3 unspecified atom stereocenters. The first-order valence-corrected chi connectivity index (χ1v) is 9.48. The SMILES string of the molecule is CCOc1cc(/C=C2\SC3NC4CCCCC4N3C2=O)ccc1O. The van der Waals surface area contributed by atoms with Crippen LogP contribution < -0.4 is 10.1 Å². The number of carbonyl (C=O) groups is 1. The number of ether oxygens (including phenoxy) is 1. The van der Waals surface area contributed by atoms with E-state index in [9.17, 15) is 9.90 Å². The van der Waals surface area contributed by atoms with Gasteiger partial charge in [0.2, 0.25) is 0 Å². The van der Waals surface area contributed by atoms with Crippen molar-refractivity contribution >= 4 is 23.7 Å². The van der Waals surface area contributed by atoms with E-state index in [1.54, 1.807) is 30.0 Å². The number of thioether (sulfide) groups is 1. The minimum absolute atomic E-state index is 0.0697. The van der Waals surface area contributed by atoms with Crippen molar-refractivity contribution in [2.45, 2.75) is 50.2 Å². The maximum absolute atomic E-state index is 12.8. The molecule has 2 saturated heterocycles. The average Bonchev–Trinajstić information content (AvgIpc) is 3.08. The third kappa shape index (κ3) is 2.67. The fraction of sp³-hybridized carbons (Fsp3) is 0.500. The maximum atomic E-state index is 12.8. The molecule has 24 heavy (non-hydrogen) atoms. The van der Waals surface area contributed by atoms with E-state index in [1.165, 1.54) is 19.3 Å². The van der Waals surface area contributed by atoms with Gasteiger partial charge in [0.15, 0.2) is 11.5 Å². The predicted octanol–water partition coefficient (Wildman–Crippen LogP) is 2.91. The molecule has 5 nitrogen and oxygen atoms in total. The first kappa shape index (κ1) is 15.8. The molecule has 4 rings (SSSR count). The van der Waals surface area contributed by atoms with Crippen LogP contribution in [0.3, 0.4) is 0 Å². The fourth-order valence-corrected chi connectivity index (χ4v) is 5.12. The molecule has 0 radical (unpaired) electrons. The second kappa shape index (κ2) is 6.33. The van der Waals surface area contributed by atoms with Crippen LogP contribution in [0.2, 0.25) is 0 Å². The van der Waals surface area contributed by atoms with E-state index in [0.717, 1.165) is 16.9 Å². The third-order valence-corrected chi connectivity index (χ3v) is 6.09. The van der Waals surface area contributed by atoms with Gasteiger partial charge in [0, 0.05) is 12.1 Å². The molecule has 1 aliphatic carbocycles. The van der Waals surface area contributed by atoms with Gasteiger partial charge in [-0.05, 0) is 43.5 Å². The van der Waals surface area contributed by atoms with E-state index in [-0.39, 0.29) is 17.2 Å². The number of nitrogens with zero attached hydrogens (tertiary/aromatic N) is 1. The number of fused-ring (bicyclic) bond motifs is 3. The molecule has 2 N–H and O–H groups in total. The Hall–Kier alpha value is -1.66. The quantitative estimate of drug-likeness (QED) is 0.824. The van der Waals surface area contributed by atoms with Gasteiger partial charge in [0.1, 0.15) is 5.50 Å². The van der Waals surface area contributed by atoms with Crippen LogP contribution in [0.1, 0.15) is 38.2 Å². The zero-order chi connectivity index (χ0) is 16.7. The minimum atomic E-state index is 0.0697. The van der Waals surface area contributed by atoms with Crippen LogP contribution in [0.5, 0.6) is 11.5 Å². The molecule has 1 aromatic rings. The molecular formula is C18H22N2O3S. The van der Waals surface area contributed by atoms with E-state index in [0.29, 0.717) is 24.4 Å². The van der Waals surface area contributed by atoms with Crippen LogP contribution in [0, 0.1) is 0 Å². The Labute approximate surface area is 146 Å². The van der Waals surface area contributed by atoms with Crippen molar-refractivity contribution in [3.8, 4) is 11.5 Å². The van der Waals surface area contributed by atoms with Gasteiger partial charge in [-0.3, -0.25) is 10.1 Å². The molecule has 3 fully saturated rings. The van der Waals surface area contributed by atoms with Crippen LogP contribution in [0.4, 0.5) is 0 Å². The Balaban J connectivity index is 1.57. The van der Waals surface area contributed by atoms with Crippen molar-refractivity contribution in [2.75, 3.05) is 6.61 Å². The van der Waals surface area contributed by atoms with Crippen molar-refractivity contribution in [1.82, 2.24) is 10.2 Å². The van der Waals surface area contributed by atoms with Crippen molar-refractivity contribution < 1.29 is 14.6 Å². The molecule has 1 saturated carbocycles. The van der Waals surface area contributed by atoms with Gasteiger partial charge in [-0.15, -0.1) is 0 Å². The first-order valence-electron chi connectivity index (χ1n) is 8.60. The molecule has 6 heteroatoms. The minimum Gasteiger partial charge on any atom is -0.504 e. The van der Waals surface area contributed by atoms with Gasteiger partial charge in [-0.25, -0.2) is 0 Å². The summed E-state index contributed by atoms with van der Waals surface area (Å²) in [7, 11) is 0. The molecule has 0 spiro atoms. The van der Waals surface area contributed by atoms with Gasteiger partial charge in [-0.2, -0.15) is 0 Å². The number of amides is 1. The normalized spacial score (nSPS) is 30.5. The molecule has 1 amide bonds. The smallest absolute Gasteiger partial charge is 0.262 e. The zero-order valence-electron chi connectivity index (χ0n) is 13.7. The highest BCUT2D eigenvalue weighted by Crippen LogP contribution is 2.44. The summed E-state index contributed by atoms with van der Waals surface area (Å²) in [6, 6.07) is 5.99. The highest BCUT2D eigenvalue weighted by molar-refractivity contribution is 8.05. The number of nitrogens with one attached hydrogen (secondary N) is 1. The molecular weight excluding hydrogens is 324 g/mol. The molecule has 128 valence electrons. The highest BCUT2D eigenvalue weighted by atomic mass is 32.2. The Bertz CT molecular complexity index is 691. The predicted molar refractivity (Wildman–Crippen MR) is 94.7 cm³/mol. The zero-order valence-corrected chi connectivity index (χ0v) is 14.5. The summed E-state index contributed by atoms with van der Waals surface area (Å²) < 4.78 is 5.42. The second-order valence-electron chi connectivity index (χ2n) is 6.48. The second-order valence-corrected chi connectivity index (χ2v) is 7.60. The third-order valence-electron chi connectivity index (χ3n) is 4.96. The topological polar surface area (TPSA) is 61.8 Å². The van der Waals surface area contributed by atoms with E-state index < -0.39 is 0 Å². The lowest BCUT2D eigenvalue weighted by molar-refractivity contribution is -0.127. The largest absolute Gasteiger partial charge is 0.504 e. The molecule has 2 aliphatic heterocycles. The van der Waals surface area contributed by atoms with Gasteiger partial charge in [-0.1, -0.05) is 30.7 Å². The number of carbonyl (C=O) groups excluding carboxylic acids is 1. The van der Waals surface area contributed by atoms with Crippen molar-refractivity contribution in [3.05, 3.63) is 28.7 Å². The Kier molecular flexibility index (Phi) is 4.18. The van der Waals surface area contributed by atoms with Crippen LogP contribution in [-0.2, 0) is 4.79 Å². The summed E-state index contributed by atoms with van der Waals surface area (Å²) in [4.78, 5) is 15.6. The lowest BCUT2D eigenvalue weighted by Gasteiger charge is -2.29. The molecule has 0 bridgehead atoms.